The summed E-state index contributed by atoms with van der Waals surface area (Å²) in [6.45, 7) is 7.57. The SMILES string of the molecule is CC(C)C1=[N+](C)CCN1CCO. The fraction of sp³-hybridized carbons (Fsp3) is 0.889. The fourth-order valence-corrected chi connectivity index (χ4v) is 1.89. The van der Waals surface area contributed by atoms with E-state index in [1.807, 2.05) is 0 Å². The van der Waals surface area contributed by atoms with Crippen LogP contribution in [0.5, 0.6) is 0 Å². The van der Waals surface area contributed by atoms with E-state index in [1.54, 1.807) is 0 Å². The van der Waals surface area contributed by atoms with E-state index in [4.69, 9.17) is 5.11 Å². The Morgan fingerprint density at radius 1 is 1.58 bits per heavy atom. The molecule has 3 nitrogen and oxygen atoms in total. The van der Waals surface area contributed by atoms with Crippen LogP contribution < -0.4 is 0 Å². The Bertz CT molecular complexity index is 187. The maximum atomic E-state index is 8.84. The standard InChI is InChI=1S/C9H19N2O/c1-8(2)9-10(3)4-5-11(9)6-7-12/h8,12H,4-7H2,1-3H3/q+1. The van der Waals surface area contributed by atoms with Crippen molar-refractivity contribution in [3.05, 3.63) is 0 Å². The summed E-state index contributed by atoms with van der Waals surface area (Å²) in [5, 5.41) is 8.84. The van der Waals surface area contributed by atoms with Crippen LogP contribution in [0.25, 0.3) is 0 Å². The molecule has 0 aromatic carbocycles. The molecule has 0 atom stereocenters. The van der Waals surface area contributed by atoms with E-state index in [1.165, 1.54) is 5.84 Å². The summed E-state index contributed by atoms with van der Waals surface area (Å²) in [7, 11) is 2.12. The van der Waals surface area contributed by atoms with Gasteiger partial charge in [-0.2, -0.15) is 0 Å². The number of aliphatic hydroxyl groups excluding tert-OH is 1. The topological polar surface area (TPSA) is 26.5 Å². The van der Waals surface area contributed by atoms with Crippen molar-refractivity contribution in [2.45, 2.75) is 13.8 Å². The first-order valence-electron chi connectivity index (χ1n) is 4.60. The lowest BCUT2D eigenvalue weighted by molar-refractivity contribution is -0.488. The van der Waals surface area contributed by atoms with E-state index < -0.39 is 0 Å². The third kappa shape index (κ3) is 1.78. The molecule has 1 heterocycles. The Hall–Kier alpha value is -0.570. The van der Waals surface area contributed by atoms with Gasteiger partial charge in [0.15, 0.2) is 0 Å². The summed E-state index contributed by atoms with van der Waals surface area (Å²) in [6.07, 6.45) is 0. The zero-order valence-corrected chi connectivity index (χ0v) is 8.25. The van der Waals surface area contributed by atoms with Gasteiger partial charge in [0.1, 0.15) is 19.6 Å². The summed E-state index contributed by atoms with van der Waals surface area (Å²) < 4.78 is 2.28. The summed E-state index contributed by atoms with van der Waals surface area (Å²) in [5.74, 6) is 1.92. The lowest BCUT2D eigenvalue weighted by Crippen LogP contribution is -2.35. The van der Waals surface area contributed by atoms with Gasteiger partial charge in [0.25, 0.3) is 0 Å². The van der Waals surface area contributed by atoms with Gasteiger partial charge in [0.05, 0.1) is 19.6 Å². The molecule has 0 radical (unpaired) electrons. The van der Waals surface area contributed by atoms with Crippen molar-refractivity contribution in [3.63, 3.8) is 0 Å². The van der Waals surface area contributed by atoms with E-state index in [-0.39, 0.29) is 6.61 Å². The molecule has 1 rings (SSSR count). The summed E-state index contributed by atoms with van der Waals surface area (Å²) in [5.41, 5.74) is 0. The van der Waals surface area contributed by atoms with E-state index in [0.717, 1.165) is 19.6 Å². The van der Waals surface area contributed by atoms with E-state index in [2.05, 4.69) is 30.4 Å². The Morgan fingerprint density at radius 3 is 2.75 bits per heavy atom. The molecule has 70 valence electrons. The molecule has 0 bridgehead atoms. The molecule has 0 fully saturated rings. The molecule has 0 unspecified atom stereocenters. The second-order valence-corrected chi connectivity index (χ2v) is 3.65. The average Bonchev–Trinajstić information content (AvgIpc) is 2.32. The van der Waals surface area contributed by atoms with Crippen molar-refractivity contribution in [1.82, 2.24) is 4.90 Å². The van der Waals surface area contributed by atoms with Gasteiger partial charge in [-0.3, -0.25) is 9.48 Å². The molecule has 0 aliphatic carbocycles. The van der Waals surface area contributed by atoms with E-state index in [0.29, 0.717) is 5.92 Å². The van der Waals surface area contributed by atoms with Crippen LogP contribution >= 0.6 is 0 Å². The predicted molar refractivity (Wildman–Crippen MR) is 49.6 cm³/mol. The van der Waals surface area contributed by atoms with Crippen LogP contribution in [0.2, 0.25) is 0 Å². The van der Waals surface area contributed by atoms with E-state index in [9.17, 15) is 0 Å². The Labute approximate surface area is 74.3 Å². The molecule has 0 aromatic rings. The largest absolute Gasteiger partial charge is 0.392 e. The lowest BCUT2D eigenvalue weighted by atomic mass is 10.2. The van der Waals surface area contributed by atoms with Gasteiger partial charge in [0.2, 0.25) is 5.84 Å². The van der Waals surface area contributed by atoms with Crippen molar-refractivity contribution < 1.29 is 9.68 Å². The number of hydrogen-bond acceptors (Lipinski definition) is 2. The molecule has 1 aliphatic rings. The number of amidine groups is 1. The van der Waals surface area contributed by atoms with Crippen LogP contribution in [-0.2, 0) is 0 Å². The highest BCUT2D eigenvalue weighted by Gasteiger charge is 2.29. The lowest BCUT2D eigenvalue weighted by Gasteiger charge is -2.13. The van der Waals surface area contributed by atoms with Gasteiger partial charge in [-0.05, 0) is 0 Å². The molecule has 12 heavy (non-hydrogen) atoms. The van der Waals surface area contributed by atoms with Gasteiger partial charge in [0, 0.05) is 0 Å². The molecule has 1 aliphatic heterocycles. The number of nitrogens with zero attached hydrogens (tertiary/aromatic N) is 2. The first-order chi connectivity index (χ1) is 5.66. The van der Waals surface area contributed by atoms with Crippen molar-refractivity contribution in [3.8, 4) is 0 Å². The van der Waals surface area contributed by atoms with Gasteiger partial charge in [-0.1, -0.05) is 13.8 Å². The number of likely N-dealkylation sites (N-methyl/N-ethyl adjacent to an activating group) is 1. The normalized spacial score (nSPS) is 18.2. The maximum Gasteiger partial charge on any atom is 0.249 e. The molecule has 3 heteroatoms. The fourth-order valence-electron chi connectivity index (χ4n) is 1.89. The summed E-state index contributed by atoms with van der Waals surface area (Å²) >= 11 is 0. The van der Waals surface area contributed by atoms with Gasteiger partial charge in [-0.15, -0.1) is 0 Å². The molecule has 0 aromatic heterocycles. The van der Waals surface area contributed by atoms with Crippen LogP contribution in [-0.4, -0.2) is 53.7 Å². The van der Waals surface area contributed by atoms with Crippen LogP contribution in [0.1, 0.15) is 13.8 Å². The third-order valence-corrected chi connectivity index (χ3v) is 2.31. The monoisotopic (exact) mass is 171 g/mol. The Kier molecular flexibility index (Phi) is 3.09. The number of aliphatic hydroxyl groups is 1. The minimum absolute atomic E-state index is 0.254. The molecule has 1 N–H and O–H groups in total. The van der Waals surface area contributed by atoms with Gasteiger partial charge in [-0.25, -0.2) is 0 Å². The average molecular weight is 171 g/mol. The maximum absolute atomic E-state index is 8.84. The number of hydrogen-bond donors (Lipinski definition) is 1. The van der Waals surface area contributed by atoms with Gasteiger partial charge >= 0.3 is 0 Å². The zero-order valence-electron chi connectivity index (χ0n) is 8.25. The van der Waals surface area contributed by atoms with Crippen molar-refractivity contribution in [2.24, 2.45) is 5.92 Å². The Balaban J connectivity index is 2.67. The van der Waals surface area contributed by atoms with Crippen molar-refractivity contribution in [1.29, 1.82) is 0 Å². The molecular formula is C9H19N2O+. The third-order valence-electron chi connectivity index (χ3n) is 2.31. The summed E-state index contributed by atoms with van der Waals surface area (Å²) in [4.78, 5) is 2.27. The quantitative estimate of drug-likeness (QED) is 0.605. The second kappa shape index (κ2) is 3.90. The van der Waals surface area contributed by atoms with Crippen molar-refractivity contribution >= 4 is 5.84 Å². The highest BCUT2D eigenvalue weighted by molar-refractivity contribution is 5.80. The highest BCUT2D eigenvalue weighted by atomic mass is 16.3. The second-order valence-electron chi connectivity index (χ2n) is 3.65. The number of β-amino-alcohol motifs (C(OH)–C–C–N with tert-alkyl or cyclic N) is 1. The van der Waals surface area contributed by atoms with Crippen LogP contribution in [0.4, 0.5) is 0 Å². The smallest absolute Gasteiger partial charge is 0.249 e. The highest BCUT2D eigenvalue weighted by Crippen LogP contribution is 2.08. The minimum Gasteiger partial charge on any atom is -0.392 e. The molecule has 0 saturated carbocycles. The number of rotatable bonds is 3. The summed E-state index contributed by atoms with van der Waals surface area (Å²) in [6, 6.07) is 0. The first-order valence-corrected chi connectivity index (χ1v) is 4.60. The molecule has 0 saturated heterocycles. The van der Waals surface area contributed by atoms with Crippen LogP contribution in [0.3, 0.4) is 0 Å². The first kappa shape index (κ1) is 9.52. The molecule has 0 spiro atoms. The van der Waals surface area contributed by atoms with Crippen molar-refractivity contribution in [2.75, 3.05) is 33.3 Å². The van der Waals surface area contributed by atoms with Crippen LogP contribution in [0, 0.1) is 5.92 Å². The minimum atomic E-state index is 0.254. The van der Waals surface area contributed by atoms with E-state index >= 15 is 0 Å². The molecular weight excluding hydrogens is 152 g/mol. The molecule has 0 amide bonds. The predicted octanol–water partition coefficient (Wildman–Crippen LogP) is -0.00890. The van der Waals surface area contributed by atoms with Crippen LogP contribution in [0.15, 0.2) is 0 Å². The Morgan fingerprint density at radius 2 is 2.25 bits per heavy atom. The zero-order chi connectivity index (χ0) is 9.14. The van der Waals surface area contributed by atoms with Gasteiger partial charge < -0.3 is 5.11 Å².